The van der Waals surface area contributed by atoms with E-state index in [-0.39, 0.29) is 36.1 Å². The van der Waals surface area contributed by atoms with Gasteiger partial charge in [-0.25, -0.2) is 4.79 Å². The minimum atomic E-state index is -2.62. The van der Waals surface area contributed by atoms with Crippen molar-refractivity contribution < 1.29 is 44.3 Å². The fourth-order valence-corrected chi connectivity index (χ4v) is 5.66. The summed E-state index contributed by atoms with van der Waals surface area (Å²) >= 11 is 0. The molecule has 0 spiro atoms. The van der Waals surface area contributed by atoms with Crippen LogP contribution in [0.5, 0.6) is 5.75 Å². The van der Waals surface area contributed by atoms with E-state index in [1.807, 2.05) is 0 Å². The first kappa shape index (κ1) is 23.8. The number of nitrogens with one attached hydrogen (secondary N) is 1. The number of ketones is 2. The van der Waals surface area contributed by atoms with Gasteiger partial charge in [0.1, 0.15) is 22.8 Å². The van der Waals surface area contributed by atoms with Crippen molar-refractivity contribution in [3.05, 3.63) is 40.2 Å². The van der Waals surface area contributed by atoms with Gasteiger partial charge in [0.05, 0.1) is 24.5 Å². The van der Waals surface area contributed by atoms with Crippen molar-refractivity contribution in [2.24, 2.45) is 17.6 Å². The van der Waals surface area contributed by atoms with Gasteiger partial charge in [-0.1, -0.05) is 6.07 Å². The molecule has 4 aliphatic rings. The summed E-state index contributed by atoms with van der Waals surface area (Å²) in [6.07, 6.45) is -0.126. The summed E-state index contributed by atoms with van der Waals surface area (Å²) in [4.78, 5) is 51.7. The van der Waals surface area contributed by atoms with Crippen molar-refractivity contribution in [2.45, 2.75) is 24.9 Å². The maximum Gasteiger partial charge on any atom is 0.322 e. The van der Waals surface area contributed by atoms with Gasteiger partial charge in [-0.05, 0) is 30.4 Å². The molecule has 3 unspecified atom stereocenters. The number of urea groups is 1. The van der Waals surface area contributed by atoms with Gasteiger partial charge >= 0.3 is 6.03 Å². The average molecular weight is 499 g/mol. The molecule has 2 fully saturated rings. The number of fused-ring (bicyclic) bond motifs is 3. The topological polar surface area (TPSA) is 200 Å². The number of carbonyl (C=O) groups is 4. The lowest BCUT2D eigenvalue weighted by Gasteiger charge is -2.46. The van der Waals surface area contributed by atoms with Gasteiger partial charge in [0.2, 0.25) is 5.78 Å². The number of aromatic hydroxyl groups is 1. The molecule has 12 heteroatoms. The van der Waals surface area contributed by atoms with Crippen LogP contribution in [0.25, 0.3) is 5.76 Å². The van der Waals surface area contributed by atoms with Crippen LogP contribution < -0.4 is 11.1 Å². The summed E-state index contributed by atoms with van der Waals surface area (Å²) in [5.41, 5.74) is 1.92. The summed E-state index contributed by atoms with van der Waals surface area (Å²) in [6, 6.07) is 2.63. The summed E-state index contributed by atoms with van der Waals surface area (Å²) in [5, 5.41) is 46.5. The molecule has 3 aliphatic carbocycles. The van der Waals surface area contributed by atoms with Gasteiger partial charge in [0.15, 0.2) is 11.4 Å². The van der Waals surface area contributed by atoms with E-state index in [1.165, 1.54) is 11.0 Å². The van der Waals surface area contributed by atoms with E-state index in [0.717, 1.165) is 0 Å². The minimum Gasteiger partial charge on any atom is -0.508 e. The third-order valence-corrected chi connectivity index (χ3v) is 7.48. The summed E-state index contributed by atoms with van der Waals surface area (Å²) < 4.78 is 5.22. The predicted molar refractivity (Wildman–Crippen MR) is 123 cm³/mol. The molecule has 0 bridgehead atoms. The molecule has 1 aromatic carbocycles. The number of hydrogen-bond donors (Lipinski definition) is 6. The largest absolute Gasteiger partial charge is 0.508 e. The van der Waals surface area contributed by atoms with Gasteiger partial charge in [0.25, 0.3) is 5.91 Å². The number of Topliss-reactive ketones (excluding diaryl/α,β-unsaturated/α-hetero) is 2. The molecule has 1 aliphatic heterocycles. The van der Waals surface area contributed by atoms with Crippen LogP contribution in [0.3, 0.4) is 0 Å². The van der Waals surface area contributed by atoms with Gasteiger partial charge in [-0.15, -0.1) is 0 Å². The van der Waals surface area contributed by atoms with E-state index in [1.54, 1.807) is 6.07 Å². The average Bonchev–Trinajstić information content (AvgIpc) is 2.83. The highest BCUT2D eigenvalue weighted by atomic mass is 16.5. The van der Waals surface area contributed by atoms with E-state index in [9.17, 15) is 39.6 Å². The van der Waals surface area contributed by atoms with Crippen LogP contribution in [-0.4, -0.2) is 80.7 Å². The quantitative estimate of drug-likeness (QED) is 0.244. The Hall–Kier alpha value is -3.90. The first-order valence-corrected chi connectivity index (χ1v) is 11.5. The second-order valence-corrected chi connectivity index (χ2v) is 9.43. The van der Waals surface area contributed by atoms with Crippen LogP contribution in [0.15, 0.2) is 29.0 Å². The molecule has 190 valence electrons. The highest BCUT2D eigenvalue weighted by molar-refractivity contribution is 6.22. The maximum atomic E-state index is 13.5. The molecule has 1 saturated heterocycles. The Bertz CT molecular complexity index is 1280. The SMILES string of the molecule is NC(=O)C1=C(O)C2(O)C(=O)C3=C(O)c4c(ccc(NC(=O)N5CCOCC5)c4O)CC3CC2CC1=O. The van der Waals surface area contributed by atoms with Crippen molar-refractivity contribution in [1.82, 2.24) is 4.90 Å². The van der Waals surface area contributed by atoms with Crippen molar-refractivity contribution >= 4 is 35.0 Å². The van der Waals surface area contributed by atoms with Crippen molar-refractivity contribution in [3.63, 3.8) is 0 Å². The minimum absolute atomic E-state index is 0.0118. The second kappa shape index (κ2) is 8.35. The fraction of sp³-hybridized carbons (Fsp3) is 0.417. The normalized spacial score (nSPS) is 27.9. The van der Waals surface area contributed by atoms with Crippen molar-refractivity contribution in [3.8, 4) is 5.75 Å². The van der Waals surface area contributed by atoms with E-state index >= 15 is 0 Å². The molecule has 36 heavy (non-hydrogen) atoms. The summed E-state index contributed by atoms with van der Waals surface area (Å²) in [5.74, 6) is -6.94. The van der Waals surface area contributed by atoms with Crippen LogP contribution in [0.2, 0.25) is 0 Å². The summed E-state index contributed by atoms with van der Waals surface area (Å²) in [7, 11) is 0. The van der Waals surface area contributed by atoms with Gasteiger partial charge in [-0.3, -0.25) is 14.4 Å². The Balaban J connectivity index is 1.55. The standard InChI is InChI=1S/C24H25N3O9/c25-22(33)17-14(28)9-12-8-11-7-10-1-2-13(26-23(34)27-3-5-36-6-4-27)18(29)15(10)19(30)16(11)20(31)24(12,35)21(17)32/h1-2,11-12,29-30,32,35H,3-9H2,(H2,25,33)(H,26,34). The number of nitrogens with zero attached hydrogens (tertiary/aromatic N) is 1. The number of benzene rings is 1. The number of phenolic OH excluding ortho intramolecular Hbond substituents is 1. The van der Waals surface area contributed by atoms with Crippen LogP contribution >= 0.6 is 0 Å². The molecule has 5 rings (SSSR count). The number of nitrogens with two attached hydrogens (primary N) is 1. The van der Waals surface area contributed by atoms with Crippen LogP contribution in [0.1, 0.15) is 24.0 Å². The lowest BCUT2D eigenvalue weighted by atomic mass is 9.59. The molecule has 1 saturated carbocycles. The highest BCUT2D eigenvalue weighted by Gasteiger charge is 2.60. The van der Waals surface area contributed by atoms with Gasteiger partial charge in [-0.2, -0.15) is 0 Å². The lowest BCUT2D eigenvalue weighted by Crippen LogP contribution is -2.58. The summed E-state index contributed by atoms with van der Waals surface area (Å²) in [6.45, 7) is 1.51. The Kier molecular flexibility index (Phi) is 5.52. The van der Waals surface area contributed by atoms with Gasteiger partial charge in [0, 0.05) is 31.0 Å². The molecule has 7 N–H and O–H groups in total. The fourth-order valence-electron chi connectivity index (χ4n) is 5.66. The zero-order valence-electron chi connectivity index (χ0n) is 19.1. The van der Waals surface area contributed by atoms with E-state index in [0.29, 0.717) is 31.9 Å². The van der Waals surface area contributed by atoms with Crippen LogP contribution in [-0.2, 0) is 25.5 Å². The number of carbonyl (C=O) groups excluding carboxylic acids is 4. The van der Waals surface area contributed by atoms with E-state index in [2.05, 4.69) is 5.32 Å². The number of primary amides is 1. The van der Waals surface area contributed by atoms with E-state index < -0.39 is 63.8 Å². The molecule has 1 aromatic rings. The number of ether oxygens (including phenoxy) is 1. The highest BCUT2D eigenvalue weighted by Crippen LogP contribution is 2.52. The monoisotopic (exact) mass is 499 g/mol. The first-order chi connectivity index (χ1) is 17.1. The van der Waals surface area contributed by atoms with E-state index in [4.69, 9.17) is 10.5 Å². The zero-order chi connectivity index (χ0) is 25.9. The number of rotatable bonds is 2. The number of amides is 3. The molecule has 3 atom stereocenters. The Morgan fingerprint density at radius 2 is 1.81 bits per heavy atom. The molecule has 1 heterocycles. The molecule has 0 aromatic heterocycles. The molecule has 12 nitrogen and oxygen atoms in total. The maximum absolute atomic E-state index is 13.5. The molecular weight excluding hydrogens is 474 g/mol. The van der Waals surface area contributed by atoms with Crippen molar-refractivity contribution in [2.75, 3.05) is 31.6 Å². The smallest absolute Gasteiger partial charge is 0.322 e. The molecule has 0 radical (unpaired) electrons. The number of phenols is 1. The second-order valence-electron chi connectivity index (χ2n) is 9.43. The molecule has 3 amide bonds. The zero-order valence-corrected chi connectivity index (χ0v) is 19.1. The van der Waals surface area contributed by atoms with Gasteiger partial charge < -0.3 is 41.1 Å². The lowest BCUT2D eigenvalue weighted by molar-refractivity contribution is -0.147. The van der Waals surface area contributed by atoms with Crippen LogP contribution in [0.4, 0.5) is 10.5 Å². The number of aliphatic hydroxyl groups is 3. The Morgan fingerprint density at radius 1 is 1.11 bits per heavy atom. The number of hydrogen-bond acceptors (Lipinski definition) is 9. The van der Waals surface area contributed by atoms with Crippen molar-refractivity contribution in [1.29, 1.82) is 0 Å². The third kappa shape index (κ3) is 3.36. The number of morpholine rings is 1. The third-order valence-electron chi connectivity index (χ3n) is 7.48. The predicted octanol–water partition coefficient (Wildman–Crippen LogP) is 0.288. The first-order valence-electron chi connectivity index (χ1n) is 11.5. The van der Waals surface area contributed by atoms with Crippen LogP contribution in [0, 0.1) is 11.8 Å². The number of anilines is 1. The Labute approximate surface area is 204 Å². The Morgan fingerprint density at radius 3 is 2.47 bits per heavy atom. The number of aliphatic hydroxyl groups excluding tert-OH is 2. The molecular formula is C24H25N3O9.